The van der Waals surface area contributed by atoms with Crippen LogP contribution in [0.1, 0.15) is 11.6 Å². The Hall–Kier alpha value is -1.96. The zero-order chi connectivity index (χ0) is 14.6. The van der Waals surface area contributed by atoms with E-state index in [0.29, 0.717) is 6.04 Å². The van der Waals surface area contributed by atoms with E-state index in [1.807, 2.05) is 17.9 Å². The molecule has 0 N–H and O–H groups in total. The van der Waals surface area contributed by atoms with Crippen molar-refractivity contribution in [3.8, 4) is 0 Å². The van der Waals surface area contributed by atoms with Gasteiger partial charge < -0.3 is 4.90 Å². The monoisotopic (exact) mass is 347 g/mol. The van der Waals surface area contributed by atoms with E-state index in [0.717, 1.165) is 34.5 Å². The van der Waals surface area contributed by atoms with Gasteiger partial charge in [-0.25, -0.2) is 14.6 Å². The molecule has 0 amide bonds. The number of hydrogen-bond donors (Lipinski definition) is 0. The molecule has 0 bridgehead atoms. The first kappa shape index (κ1) is 12.8. The molecule has 0 aliphatic carbocycles. The summed E-state index contributed by atoms with van der Waals surface area (Å²) < 4.78 is 4.58. The fourth-order valence-corrected chi connectivity index (χ4v) is 3.29. The quantitative estimate of drug-likeness (QED) is 0.705. The van der Waals surface area contributed by atoms with E-state index in [2.05, 4.69) is 54.1 Å². The molecule has 7 nitrogen and oxygen atoms in total. The highest BCUT2D eigenvalue weighted by Gasteiger charge is 2.32. The molecule has 21 heavy (non-hydrogen) atoms. The van der Waals surface area contributed by atoms with Crippen LogP contribution in [0.15, 0.2) is 23.3 Å². The van der Waals surface area contributed by atoms with Gasteiger partial charge in [-0.1, -0.05) is 0 Å². The molecule has 3 aromatic heterocycles. The van der Waals surface area contributed by atoms with E-state index in [-0.39, 0.29) is 0 Å². The zero-order valence-corrected chi connectivity index (χ0v) is 13.3. The Kier molecular flexibility index (Phi) is 2.75. The third kappa shape index (κ3) is 1.93. The van der Waals surface area contributed by atoms with Gasteiger partial charge in [0.2, 0.25) is 0 Å². The average Bonchev–Trinajstić information content (AvgIpc) is 2.94. The molecule has 1 aliphatic rings. The number of aryl methyl sites for hydroxylation is 2. The van der Waals surface area contributed by atoms with Gasteiger partial charge >= 0.3 is 0 Å². The van der Waals surface area contributed by atoms with Crippen LogP contribution in [0.2, 0.25) is 0 Å². The fraction of sp³-hybridized carbons (Fsp3) is 0.385. The van der Waals surface area contributed by atoms with Crippen LogP contribution in [0, 0.1) is 6.92 Å². The largest absolute Gasteiger partial charge is 0.351 e. The van der Waals surface area contributed by atoms with E-state index in [1.165, 1.54) is 5.56 Å². The second-order valence-corrected chi connectivity index (χ2v) is 6.12. The lowest BCUT2D eigenvalue weighted by Crippen LogP contribution is -2.48. The van der Waals surface area contributed by atoms with Crippen molar-refractivity contribution in [2.45, 2.75) is 13.0 Å². The predicted octanol–water partition coefficient (Wildman–Crippen LogP) is 1.69. The van der Waals surface area contributed by atoms with Gasteiger partial charge in [0.1, 0.15) is 16.7 Å². The van der Waals surface area contributed by atoms with Gasteiger partial charge in [-0.05, 0) is 28.4 Å². The summed E-state index contributed by atoms with van der Waals surface area (Å²) in [5, 5.41) is 9.71. The minimum Gasteiger partial charge on any atom is -0.351 e. The van der Waals surface area contributed by atoms with Crippen LogP contribution in [0.5, 0.6) is 0 Å². The Labute approximate surface area is 129 Å². The molecule has 8 heteroatoms. The van der Waals surface area contributed by atoms with Crippen LogP contribution in [0.25, 0.3) is 11.0 Å². The van der Waals surface area contributed by atoms with Crippen LogP contribution >= 0.6 is 15.9 Å². The summed E-state index contributed by atoms with van der Waals surface area (Å²) in [6, 6.07) is 0.402. The minimum atomic E-state index is 0.402. The standard InChI is InChI=1S/C13H14BrN7/c1-8-3-17-21(4-8)9-5-20(6-9)13-10-11(14)18-19(2)12(10)15-7-16-13/h3-4,7,9H,5-6H2,1-2H3. The second kappa shape index (κ2) is 4.52. The SMILES string of the molecule is Cc1cnn(C2CN(c3ncnc4c3c(Br)nn4C)C2)c1. The summed E-state index contributed by atoms with van der Waals surface area (Å²) >= 11 is 3.50. The maximum atomic E-state index is 4.44. The van der Waals surface area contributed by atoms with Crippen LogP contribution in [-0.4, -0.2) is 42.6 Å². The average molecular weight is 348 g/mol. The van der Waals surface area contributed by atoms with Crippen molar-refractivity contribution in [1.29, 1.82) is 0 Å². The molecule has 0 aromatic carbocycles. The zero-order valence-electron chi connectivity index (χ0n) is 11.7. The van der Waals surface area contributed by atoms with Gasteiger partial charge in [0.05, 0.1) is 17.6 Å². The van der Waals surface area contributed by atoms with Crippen molar-refractivity contribution in [2.24, 2.45) is 7.05 Å². The molecule has 0 spiro atoms. The Balaban J connectivity index is 1.64. The normalized spacial score (nSPS) is 15.7. The molecule has 0 unspecified atom stereocenters. The predicted molar refractivity (Wildman–Crippen MR) is 82.2 cm³/mol. The number of anilines is 1. The van der Waals surface area contributed by atoms with E-state index < -0.39 is 0 Å². The third-order valence-electron chi connectivity index (χ3n) is 3.82. The number of halogens is 1. The van der Waals surface area contributed by atoms with E-state index in [4.69, 9.17) is 0 Å². The topological polar surface area (TPSA) is 64.7 Å². The van der Waals surface area contributed by atoms with Crippen molar-refractivity contribution >= 4 is 32.8 Å². The summed E-state index contributed by atoms with van der Waals surface area (Å²) in [6.07, 6.45) is 5.57. The van der Waals surface area contributed by atoms with Gasteiger partial charge in [0.25, 0.3) is 0 Å². The number of nitrogens with zero attached hydrogens (tertiary/aromatic N) is 7. The highest BCUT2D eigenvalue weighted by Crippen LogP contribution is 2.34. The molecule has 0 radical (unpaired) electrons. The highest BCUT2D eigenvalue weighted by atomic mass is 79.9. The number of hydrogen-bond acceptors (Lipinski definition) is 5. The molecular weight excluding hydrogens is 334 g/mol. The first-order chi connectivity index (χ1) is 10.1. The third-order valence-corrected chi connectivity index (χ3v) is 4.38. The first-order valence-electron chi connectivity index (χ1n) is 6.72. The van der Waals surface area contributed by atoms with Crippen molar-refractivity contribution in [3.63, 3.8) is 0 Å². The molecule has 0 atom stereocenters. The maximum Gasteiger partial charge on any atom is 0.164 e. The van der Waals surface area contributed by atoms with Gasteiger partial charge in [-0.3, -0.25) is 4.68 Å². The van der Waals surface area contributed by atoms with Gasteiger partial charge in [0, 0.05) is 26.3 Å². The van der Waals surface area contributed by atoms with Crippen LogP contribution in [-0.2, 0) is 7.05 Å². The lowest BCUT2D eigenvalue weighted by Gasteiger charge is -2.40. The fourth-order valence-electron chi connectivity index (χ4n) is 2.69. The Morgan fingerprint density at radius 2 is 2.10 bits per heavy atom. The lowest BCUT2D eigenvalue weighted by atomic mass is 10.1. The molecule has 1 fully saturated rings. The molecule has 0 saturated carbocycles. The molecule has 108 valence electrons. The number of rotatable bonds is 2. The van der Waals surface area contributed by atoms with E-state index in [9.17, 15) is 0 Å². The van der Waals surface area contributed by atoms with Crippen LogP contribution in [0.4, 0.5) is 5.82 Å². The molecule has 3 aromatic rings. The highest BCUT2D eigenvalue weighted by molar-refractivity contribution is 9.10. The summed E-state index contributed by atoms with van der Waals surface area (Å²) in [5.74, 6) is 0.931. The second-order valence-electron chi connectivity index (χ2n) is 5.37. The number of fused-ring (bicyclic) bond motifs is 1. The molecule has 1 saturated heterocycles. The summed E-state index contributed by atoms with van der Waals surface area (Å²) in [5.41, 5.74) is 2.03. The first-order valence-corrected chi connectivity index (χ1v) is 7.51. The van der Waals surface area contributed by atoms with Gasteiger partial charge in [-0.2, -0.15) is 10.2 Å². The molecule has 4 heterocycles. The Morgan fingerprint density at radius 3 is 2.81 bits per heavy atom. The van der Waals surface area contributed by atoms with E-state index in [1.54, 1.807) is 11.0 Å². The van der Waals surface area contributed by atoms with Crippen molar-refractivity contribution < 1.29 is 0 Å². The Morgan fingerprint density at radius 1 is 1.29 bits per heavy atom. The molecule has 4 rings (SSSR count). The summed E-state index contributed by atoms with van der Waals surface area (Å²) in [4.78, 5) is 11.0. The smallest absolute Gasteiger partial charge is 0.164 e. The summed E-state index contributed by atoms with van der Waals surface area (Å²) in [6.45, 7) is 3.85. The lowest BCUT2D eigenvalue weighted by molar-refractivity contribution is 0.366. The molecule has 1 aliphatic heterocycles. The van der Waals surface area contributed by atoms with E-state index >= 15 is 0 Å². The van der Waals surface area contributed by atoms with Crippen LogP contribution in [0.3, 0.4) is 0 Å². The minimum absolute atomic E-state index is 0.402. The van der Waals surface area contributed by atoms with Crippen molar-refractivity contribution in [3.05, 3.63) is 28.9 Å². The van der Waals surface area contributed by atoms with Crippen LogP contribution < -0.4 is 4.90 Å². The van der Waals surface area contributed by atoms with Gasteiger partial charge in [0.15, 0.2) is 5.65 Å². The maximum absolute atomic E-state index is 4.44. The Bertz CT molecular complexity index is 815. The molecular formula is C13H14BrN7. The summed E-state index contributed by atoms with van der Waals surface area (Å²) in [7, 11) is 1.88. The van der Waals surface area contributed by atoms with Crippen molar-refractivity contribution in [1.82, 2.24) is 29.5 Å². The van der Waals surface area contributed by atoms with Crippen molar-refractivity contribution in [2.75, 3.05) is 18.0 Å². The van der Waals surface area contributed by atoms with Gasteiger partial charge in [-0.15, -0.1) is 0 Å². The number of aromatic nitrogens is 6.